The van der Waals surface area contributed by atoms with Gasteiger partial charge in [0.2, 0.25) is 0 Å². The van der Waals surface area contributed by atoms with Crippen LogP contribution < -0.4 is 5.32 Å². The van der Waals surface area contributed by atoms with Gasteiger partial charge in [0.25, 0.3) is 6.01 Å². The van der Waals surface area contributed by atoms with Gasteiger partial charge in [0.15, 0.2) is 5.69 Å². The first-order valence-electron chi connectivity index (χ1n) is 6.16. The smallest absolute Gasteiger partial charge is 0.360 e. The molecule has 0 saturated heterocycles. The van der Waals surface area contributed by atoms with Gasteiger partial charge in [-0.05, 0) is 19.3 Å². The normalized spacial score (nSPS) is 15.4. The molecule has 1 aromatic rings. The summed E-state index contributed by atoms with van der Waals surface area (Å²) in [6.07, 6.45) is 6.49. The second kappa shape index (κ2) is 5.70. The molecule has 0 bridgehead atoms. The van der Waals surface area contributed by atoms with Gasteiger partial charge in [-0.2, -0.15) is 4.98 Å². The van der Waals surface area contributed by atoms with Gasteiger partial charge >= 0.3 is 5.97 Å². The Hall–Kier alpha value is -1.52. The predicted molar refractivity (Wildman–Crippen MR) is 62.9 cm³/mol. The fraction of sp³-hybridized carbons (Fsp3) is 0.667. The molecular weight excluding hydrogens is 220 g/mol. The van der Waals surface area contributed by atoms with Gasteiger partial charge in [0, 0.05) is 6.54 Å². The van der Waals surface area contributed by atoms with Crippen LogP contribution in [0.2, 0.25) is 0 Å². The van der Waals surface area contributed by atoms with Crippen molar-refractivity contribution in [1.82, 2.24) is 4.98 Å². The van der Waals surface area contributed by atoms with Crippen LogP contribution in [0.25, 0.3) is 0 Å². The van der Waals surface area contributed by atoms with Crippen molar-refractivity contribution in [3.8, 4) is 0 Å². The van der Waals surface area contributed by atoms with Crippen molar-refractivity contribution >= 4 is 12.0 Å². The minimum absolute atomic E-state index is 0.220. The molecule has 1 aromatic heterocycles. The highest BCUT2D eigenvalue weighted by Crippen LogP contribution is 2.29. The first-order valence-corrected chi connectivity index (χ1v) is 6.16. The number of nitrogens with one attached hydrogen (secondary N) is 1. The summed E-state index contributed by atoms with van der Waals surface area (Å²) in [5.41, 5.74) is 0.220. The maximum atomic E-state index is 11.3. The summed E-state index contributed by atoms with van der Waals surface area (Å²) >= 11 is 0. The van der Waals surface area contributed by atoms with Crippen molar-refractivity contribution < 1.29 is 13.9 Å². The Bertz CT molecular complexity index is 372. The van der Waals surface area contributed by atoms with Crippen LogP contribution in [0, 0.1) is 5.92 Å². The first-order chi connectivity index (χ1) is 8.29. The van der Waals surface area contributed by atoms with Crippen molar-refractivity contribution in [3.05, 3.63) is 12.0 Å². The molecule has 5 heteroatoms. The van der Waals surface area contributed by atoms with E-state index in [1.165, 1.54) is 25.5 Å². The number of hydrogen-bond donors (Lipinski definition) is 1. The lowest BCUT2D eigenvalue weighted by Gasteiger charge is -2.24. The molecule has 1 heterocycles. The van der Waals surface area contributed by atoms with E-state index in [0.29, 0.717) is 12.6 Å². The molecule has 17 heavy (non-hydrogen) atoms. The van der Waals surface area contributed by atoms with Crippen LogP contribution >= 0.6 is 0 Å². The highest BCUT2D eigenvalue weighted by Gasteiger charge is 2.17. The molecular formula is C12H18N2O3. The van der Waals surface area contributed by atoms with Crippen LogP contribution in [-0.2, 0) is 4.74 Å². The molecule has 0 atom stereocenters. The van der Waals surface area contributed by atoms with E-state index in [4.69, 9.17) is 9.15 Å². The number of esters is 1. The first kappa shape index (κ1) is 12.0. The van der Waals surface area contributed by atoms with Crippen molar-refractivity contribution in [2.75, 3.05) is 18.5 Å². The Morgan fingerprint density at radius 3 is 3.12 bits per heavy atom. The summed E-state index contributed by atoms with van der Waals surface area (Å²) in [4.78, 5) is 15.3. The third-order valence-electron chi connectivity index (χ3n) is 3.04. The number of nitrogens with zero attached hydrogens (tertiary/aromatic N) is 1. The lowest BCUT2D eigenvalue weighted by molar-refractivity contribution is 0.0519. The summed E-state index contributed by atoms with van der Waals surface area (Å²) in [5.74, 6) is 0.408. The lowest BCUT2D eigenvalue weighted by atomic mass is 9.83. The SMILES string of the molecule is CCOC(=O)c1coc(NCCC2CCC2)n1. The molecule has 5 nitrogen and oxygen atoms in total. The van der Waals surface area contributed by atoms with Gasteiger partial charge in [-0.25, -0.2) is 4.79 Å². The minimum atomic E-state index is -0.441. The molecule has 1 N–H and O–H groups in total. The Morgan fingerprint density at radius 2 is 2.47 bits per heavy atom. The number of ether oxygens (including phenoxy) is 1. The van der Waals surface area contributed by atoms with Gasteiger partial charge in [-0.1, -0.05) is 19.3 Å². The lowest BCUT2D eigenvalue weighted by Crippen LogP contribution is -2.15. The molecule has 1 saturated carbocycles. The maximum Gasteiger partial charge on any atom is 0.360 e. The van der Waals surface area contributed by atoms with Gasteiger partial charge in [0.1, 0.15) is 6.26 Å². The number of hydrogen-bond acceptors (Lipinski definition) is 5. The van der Waals surface area contributed by atoms with E-state index < -0.39 is 5.97 Å². The van der Waals surface area contributed by atoms with Crippen LogP contribution in [0.4, 0.5) is 6.01 Å². The molecule has 0 aromatic carbocycles. The Balaban J connectivity index is 1.75. The number of anilines is 1. The molecule has 1 aliphatic rings. The quantitative estimate of drug-likeness (QED) is 0.771. The second-order valence-corrected chi connectivity index (χ2v) is 4.27. The van der Waals surface area contributed by atoms with E-state index in [-0.39, 0.29) is 5.69 Å². The third-order valence-corrected chi connectivity index (χ3v) is 3.04. The van der Waals surface area contributed by atoms with Crippen LogP contribution in [-0.4, -0.2) is 24.1 Å². The molecule has 1 fully saturated rings. The third kappa shape index (κ3) is 3.22. The minimum Gasteiger partial charge on any atom is -0.461 e. The topological polar surface area (TPSA) is 64.4 Å². The number of carbonyl (C=O) groups is 1. The van der Waals surface area contributed by atoms with E-state index >= 15 is 0 Å². The Labute approximate surface area is 101 Å². The van der Waals surface area contributed by atoms with Crippen LogP contribution in [0.1, 0.15) is 43.1 Å². The van der Waals surface area contributed by atoms with Crippen molar-refractivity contribution in [2.45, 2.75) is 32.6 Å². The average Bonchev–Trinajstić information content (AvgIpc) is 2.71. The fourth-order valence-corrected chi connectivity index (χ4v) is 1.82. The monoisotopic (exact) mass is 238 g/mol. The zero-order valence-electron chi connectivity index (χ0n) is 10.1. The molecule has 0 radical (unpaired) electrons. The van der Waals surface area contributed by atoms with Gasteiger partial charge in [-0.3, -0.25) is 0 Å². The van der Waals surface area contributed by atoms with Crippen LogP contribution in [0.3, 0.4) is 0 Å². The summed E-state index contributed by atoms with van der Waals surface area (Å²) in [7, 11) is 0. The van der Waals surface area contributed by atoms with Crippen molar-refractivity contribution in [1.29, 1.82) is 0 Å². The van der Waals surface area contributed by atoms with E-state index in [1.807, 2.05) is 0 Å². The zero-order chi connectivity index (χ0) is 12.1. The molecule has 0 unspecified atom stereocenters. The number of oxazole rings is 1. The van der Waals surface area contributed by atoms with E-state index in [0.717, 1.165) is 18.9 Å². The fourth-order valence-electron chi connectivity index (χ4n) is 1.82. The predicted octanol–water partition coefficient (Wildman–Crippen LogP) is 2.45. The average molecular weight is 238 g/mol. The summed E-state index contributed by atoms with van der Waals surface area (Å²) in [6, 6.07) is 0.396. The molecule has 2 rings (SSSR count). The van der Waals surface area contributed by atoms with Gasteiger partial charge < -0.3 is 14.5 Å². The molecule has 94 valence electrons. The molecule has 0 amide bonds. The highest BCUT2D eigenvalue weighted by molar-refractivity contribution is 5.87. The summed E-state index contributed by atoms with van der Waals surface area (Å²) in [5, 5.41) is 3.08. The van der Waals surface area contributed by atoms with E-state index in [2.05, 4.69) is 10.3 Å². The maximum absolute atomic E-state index is 11.3. The van der Waals surface area contributed by atoms with E-state index in [9.17, 15) is 4.79 Å². The van der Waals surface area contributed by atoms with Gasteiger partial charge in [-0.15, -0.1) is 0 Å². The number of carbonyl (C=O) groups excluding carboxylic acids is 1. The summed E-state index contributed by atoms with van der Waals surface area (Å²) < 4.78 is 9.96. The largest absolute Gasteiger partial charge is 0.461 e. The Morgan fingerprint density at radius 1 is 1.65 bits per heavy atom. The summed E-state index contributed by atoms with van der Waals surface area (Å²) in [6.45, 7) is 2.94. The zero-order valence-corrected chi connectivity index (χ0v) is 10.1. The van der Waals surface area contributed by atoms with Crippen LogP contribution in [0.5, 0.6) is 0 Å². The molecule has 1 aliphatic carbocycles. The molecule has 0 aliphatic heterocycles. The highest BCUT2D eigenvalue weighted by atomic mass is 16.5. The van der Waals surface area contributed by atoms with Crippen molar-refractivity contribution in [3.63, 3.8) is 0 Å². The second-order valence-electron chi connectivity index (χ2n) is 4.27. The number of aromatic nitrogens is 1. The van der Waals surface area contributed by atoms with E-state index in [1.54, 1.807) is 6.92 Å². The van der Waals surface area contributed by atoms with Crippen LogP contribution in [0.15, 0.2) is 10.7 Å². The standard InChI is InChI=1S/C12H18N2O3/c1-2-16-11(15)10-8-17-12(14-10)13-7-6-9-4-3-5-9/h8-9H,2-7H2,1H3,(H,13,14). The van der Waals surface area contributed by atoms with Gasteiger partial charge in [0.05, 0.1) is 6.61 Å². The van der Waals surface area contributed by atoms with Crippen molar-refractivity contribution in [2.24, 2.45) is 5.92 Å². The number of rotatable bonds is 6. The molecule has 0 spiro atoms. The Kier molecular flexibility index (Phi) is 4.01.